The number of rotatable bonds is 0. The summed E-state index contributed by atoms with van der Waals surface area (Å²) in [6, 6.07) is 0. The van der Waals surface area contributed by atoms with E-state index in [4.69, 9.17) is 0 Å². The molecule has 1 N–H and O–H groups in total. The van der Waals surface area contributed by atoms with Gasteiger partial charge in [-0.05, 0) is 37.5 Å². The van der Waals surface area contributed by atoms with Crippen molar-refractivity contribution in [1.82, 2.24) is 0 Å². The molecule has 0 heterocycles. The zero-order valence-electron chi connectivity index (χ0n) is 8.65. The highest BCUT2D eigenvalue weighted by Crippen LogP contribution is 2.69. The van der Waals surface area contributed by atoms with Gasteiger partial charge in [-0.25, -0.2) is 0 Å². The summed E-state index contributed by atoms with van der Waals surface area (Å²) in [5.41, 5.74) is 0.0839. The minimum atomic E-state index is -0.417. The zero-order chi connectivity index (χ0) is 9.20. The van der Waals surface area contributed by atoms with E-state index in [1.807, 2.05) is 6.92 Å². The molecule has 70 valence electrons. The molecule has 1 nitrogen and oxygen atoms in total. The van der Waals surface area contributed by atoms with E-state index in [2.05, 4.69) is 20.8 Å². The molecule has 0 spiro atoms. The molecule has 2 aliphatic carbocycles. The SMILES string of the molecule is CC1(C)[C@@H]2CC[C@]1(C)[C@](C)(O)C2. The van der Waals surface area contributed by atoms with Gasteiger partial charge in [-0.3, -0.25) is 0 Å². The normalized spacial score (nSPS) is 56.2. The minimum absolute atomic E-state index is 0.157. The van der Waals surface area contributed by atoms with Crippen LogP contribution in [-0.2, 0) is 0 Å². The largest absolute Gasteiger partial charge is 0.390 e. The number of aliphatic hydroxyl groups is 1. The van der Waals surface area contributed by atoms with E-state index >= 15 is 0 Å². The Bertz CT molecular complexity index is 217. The molecule has 2 bridgehead atoms. The van der Waals surface area contributed by atoms with Gasteiger partial charge >= 0.3 is 0 Å². The van der Waals surface area contributed by atoms with Crippen molar-refractivity contribution in [2.75, 3.05) is 0 Å². The highest BCUT2D eigenvalue weighted by Gasteiger charge is 2.66. The first-order chi connectivity index (χ1) is 5.31. The summed E-state index contributed by atoms with van der Waals surface area (Å²) >= 11 is 0. The first kappa shape index (κ1) is 8.55. The van der Waals surface area contributed by atoms with Crippen molar-refractivity contribution >= 4 is 0 Å². The van der Waals surface area contributed by atoms with Crippen LogP contribution in [0.5, 0.6) is 0 Å². The monoisotopic (exact) mass is 168 g/mol. The van der Waals surface area contributed by atoms with Crippen LogP contribution in [0.25, 0.3) is 0 Å². The van der Waals surface area contributed by atoms with E-state index in [0.29, 0.717) is 5.41 Å². The second-order valence-electron chi connectivity index (χ2n) is 5.77. The van der Waals surface area contributed by atoms with Crippen molar-refractivity contribution < 1.29 is 5.11 Å². The number of hydrogen-bond acceptors (Lipinski definition) is 1. The quantitative estimate of drug-likeness (QED) is 0.589. The van der Waals surface area contributed by atoms with Gasteiger partial charge in [-0.15, -0.1) is 0 Å². The standard InChI is InChI=1S/C11H20O/c1-9(2)8-5-6-10(9,3)11(4,12)7-8/h8,12H,5-7H2,1-4H3/t8-,10+,11-/m1/s1. The summed E-state index contributed by atoms with van der Waals surface area (Å²) in [4.78, 5) is 0. The number of hydrogen-bond donors (Lipinski definition) is 1. The molecule has 0 unspecified atom stereocenters. The molecule has 0 aromatic heterocycles. The summed E-state index contributed by atoms with van der Waals surface area (Å²) in [6.07, 6.45) is 3.54. The maximum atomic E-state index is 10.3. The van der Waals surface area contributed by atoms with E-state index < -0.39 is 5.60 Å². The lowest BCUT2D eigenvalue weighted by molar-refractivity contribution is -0.0745. The molecule has 2 aliphatic rings. The highest BCUT2D eigenvalue weighted by molar-refractivity contribution is 5.16. The Kier molecular flexibility index (Phi) is 1.35. The van der Waals surface area contributed by atoms with E-state index in [1.54, 1.807) is 0 Å². The number of fused-ring (bicyclic) bond motifs is 2. The predicted molar refractivity (Wildman–Crippen MR) is 49.9 cm³/mol. The van der Waals surface area contributed by atoms with Gasteiger partial charge < -0.3 is 5.11 Å². The van der Waals surface area contributed by atoms with Crippen LogP contribution in [0.4, 0.5) is 0 Å². The van der Waals surface area contributed by atoms with Crippen molar-refractivity contribution in [3.8, 4) is 0 Å². The van der Waals surface area contributed by atoms with Gasteiger partial charge in [0, 0.05) is 5.41 Å². The first-order valence-corrected chi connectivity index (χ1v) is 5.04. The third-order valence-corrected chi connectivity index (χ3v) is 5.27. The molecule has 2 fully saturated rings. The lowest BCUT2D eigenvalue weighted by atomic mass is 9.65. The van der Waals surface area contributed by atoms with E-state index in [-0.39, 0.29) is 5.41 Å². The fourth-order valence-electron chi connectivity index (χ4n) is 3.62. The molecule has 12 heavy (non-hydrogen) atoms. The fraction of sp³-hybridized carbons (Fsp3) is 1.00. The molecule has 0 aliphatic heterocycles. The summed E-state index contributed by atoms with van der Waals surface area (Å²) in [5.74, 6) is 0.748. The Morgan fingerprint density at radius 3 is 1.92 bits per heavy atom. The Balaban J connectivity index is 2.47. The van der Waals surface area contributed by atoms with Crippen LogP contribution in [0.3, 0.4) is 0 Å². The molecule has 0 saturated heterocycles. The molecule has 2 saturated carbocycles. The maximum absolute atomic E-state index is 10.3. The average Bonchev–Trinajstić information content (AvgIpc) is 2.18. The Labute approximate surface area is 75.2 Å². The lowest BCUT2D eigenvalue weighted by Gasteiger charge is -2.43. The van der Waals surface area contributed by atoms with Crippen LogP contribution < -0.4 is 0 Å². The first-order valence-electron chi connectivity index (χ1n) is 5.04. The van der Waals surface area contributed by atoms with Crippen molar-refractivity contribution in [2.24, 2.45) is 16.7 Å². The van der Waals surface area contributed by atoms with Crippen molar-refractivity contribution in [1.29, 1.82) is 0 Å². The molecular formula is C11H20O. The van der Waals surface area contributed by atoms with E-state index in [0.717, 1.165) is 12.3 Å². The average molecular weight is 168 g/mol. The van der Waals surface area contributed by atoms with Gasteiger partial charge in [0.1, 0.15) is 0 Å². The molecule has 2 rings (SSSR count). The van der Waals surface area contributed by atoms with Crippen molar-refractivity contribution in [2.45, 2.75) is 52.6 Å². The Morgan fingerprint density at radius 1 is 1.17 bits per heavy atom. The van der Waals surface area contributed by atoms with Crippen LogP contribution in [0, 0.1) is 16.7 Å². The Hall–Kier alpha value is -0.0400. The third-order valence-electron chi connectivity index (χ3n) is 5.27. The minimum Gasteiger partial charge on any atom is -0.390 e. The summed E-state index contributed by atoms with van der Waals surface area (Å²) < 4.78 is 0. The highest BCUT2D eigenvalue weighted by atomic mass is 16.3. The molecular weight excluding hydrogens is 148 g/mol. The van der Waals surface area contributed by atoms with Crippen LogP contribution in [0.1, 0.15) is 47.0 Å². The zero-order valence-corrected chi connectivity index (χ0v) is 8.65. The smallest absolute Gasteiger partial charge is 0.0681 e. The van der Waals surface area contributed by atoms with Crippen molar-refractivity contribution in [3.05, 3.63) is 0 Å². The summed E-state index contributed by atoms with van der Waals surface area (Å²) in [5, 5.41) is 10.3. The topological polar surface area (TPSA) is 20.2 Å². The fourth-order valence-corrected chi connectivity index (χ4v) is 3.62. The van der Waals surface area contributed by atoms with Crippen LogP contribution in [-0.4, -0.2) is 10.7 Å². The van der Waals surface area contributed by atoms with Gasteiger partial charge in [0.25, 0.3) is 0 Å². The molecule has 0 aromatic rings. The van der Waals surface area contributed by atoms with Crippen LogP contribution in [0.2, 0.25) is 0 Å². The molecule has 3 atom stereocenters. The predicted octanol–water partition coefficient (Wildman–Crippen LogP) is 2.58. The second-order valence-corrected chi connectivity index (χ2v) is 5.77. The maximum Gasteiger partial charge on any atom is 0.0681 e. The van der Waals surface area contributed by atoms with E-state index in [1.165, 1.54) is 12.8 Å². The summed E-state index contributed by atoms with van der Waals surface area (Å²) in [6.45, 7) is 8.94. The lowest BCUT2D eigenvalue weighted by Crippen LogP contribution is -2.44. The van der Waals surface area contributed by atoms with Crippen LogP contribution >= 0.6 is 0 Å². The molecule has 0 amide bonds. The second kappa shape index (κ2) is 1.89. The molecule has 1 heteroatoms. The van der Waals surface area contributed by atoms with Crippen LogP contribution in [0.15, 0.2) is 0 Å². The molecule has 0 aromatic carbocycles. The van der Waals surface area contributed by atoms with Gasteiger partial charge in [0.15, 0.2) is 0 Å². The molecule has 0 radical (unpaired) electrons. The van der Waals surface area contributed by atoms with Crippen molar-refractivity contribution in [3.63, 3.8) is 0 Å². The Morgan fingerprint density at radius 2 is 1.75 bits per heavy atom. The summed E-state index contributed by atoms with van der Waals surface area (Å²) in [7, 11) is 0. The third kappa shape index (κ3) is 0.654. The van der Waals surface area contributed by atoms with Gasteiger partial charge in [0.2, 0.25) is 0 Å². The van der Waals surface area contributed by atoms with Gasteiger partial charge in [0.05, 0.1) is 5.60 Å². The van der Waals surface area contributed by atoms with Gasteiger partial charge in [-0.1, -0.05) is 20.8 Å². The van der Waals surface area contributed by atoms with Gasteiger partial charge in [-0.2, -0.15) is 0 Å². The van der Waals surface area contributed by atoms with E-state index in [9.17, 15) is 5.11 Å².